The number of hydrogen-bond acceptors (Lipinski definition) is 3. The summed E-state index contributed by atoms with van der Waals surface area (Å²) in [7, 11) is 4.31. The topological polar surface area (TPSA) is 33.1 Å². The molecule has 1 N–H and O–H groups in total. The number of likely N-dealkylation sites (tertiary alicyclic amines) is 1. The highest BCUT2D eigenvalue weighted by Gasteiger charge is 2.30. The van der Waals surface area contributed by atoms with Gasteiger partial charge in [-0.2, -0.15) is 5.10 Å². The van der Waals surface area contributed by atoms with Gasteiger partial charge in [-0.3, -0.25) is 9.58 Å². The van der Waals surface area contributed by atoms with Crippen LogP contribution < -0.4 is 5.32 Å². The van der Waals surface area contributed by atoms with Gasteiger partial charge in [-0.05, 0) is 51.5 Å². The van der Waals surface area contributed by atoms with E-state index in [4.69, 9.17) is 0 Å². The molecule has 1 fully saturated rings. The third-order valence-electron chi connectivity index (χ3n) is 4.08. The average Bonchev–Trinajstić information content (AvgIpc) is 2.68. The van der Waals surface area contributed by atoms with Gasteiger partial charge in [-0.1, -0.05) is 13.3 Å². The van der Waals surface area contributed by atoms with Gasteiger partial charge < -0.3 is 5.32 Å². The molecular formula is C14H26N4. The van der Waals surface area contributed by atoms with Crippen LogP contribution in [-0.4, -0.2) is 41.4 Å². The van der Waals surface area contributed by atoms with Crippen LogP contribution in [-0.2, 0) is 7.05 Å². The van der Waals surface area contributed by atoms with Crippen LogP contribution in [0.4, 0.5) is 0 Å². The van der Waals surface area contributed by atoms with Crippen LogP contribution in [0.2, 0.25) is 0 Å². The highest BCUT2D eigenvalue weighted by atomic mass is 15.3. The van der Waals surface area contributed by atoms with E-state index in [1.807, 2.05) is 10.9 Å². The molecule has 0 saturated carbocycles. The van der Waals surface area contributed by atoms with E-state index in [0.717, 1.165) is 13.1 Å². The summed E-state index contributed by atoms with van der Waals surface area (Å²) < 4.78 is 2.03. The Bertz CT molecular complexity index is 360. The summed E-state index contributed by atoms with van der Waals surface area (Å²) in [5.74, 6) is 0.688. The number of hydrogen-bond donors (Lipinski definition) is 1. The Labute approximate surface area is 110 Å². The minimum absolute atomic E-state index is 0.499. The second-order valence-electron chi connectivity index (χ2n) is 5.37. The van der Waals surface area contributed by atoms with Crippen molar-refractivity contribution in [2.45, 2.75) is 32.2 Å². The maximum absolute atomic E-state index is 4.34. The lowest BCUT2D eigenvalue weighted by Crippen LogP contribution is -2.36. The maximum atomic E-state index is 4.34. The van der Waals surface area contributed by atoms with Gasteiger partial charge in [0.1, 0.15) is 0 Å². The molecule has 18 heavy (non-hydrogen) atoms. The Kier molecular flexibility index (Phi) is 4.78. The lowest BCUT2D eigenvalue weighted by molar-refractivity contribution is 0.180. The largest absolute Gasteiger partial charge is 0.317 e. The third-order valence-corrected chi connectivity index (χ3v) is 4.08. The van der Waals surface area contributed by atoms with Crippen LogP contribution in [0.25, 0.3) is 0 Å². The molecule has 0 bridgehead atoms. The van der Waals surface area contributed by atoms with Crippen molar-refractivity contribution in [3.8, 4) is 0 Å². The fraction of sp³-hybridized carbons (Fsp3) is 0.786. The van der Waals surface area contributed by atoms with E-state index in [0.29, 0.717) is 12.0 Å². The molecule has 1 aromatic rings. The van der Waals surface area contributed by atoms with Gasteiger partial charge in [0.15, 0.2) is 0 Å². The van der Waals surface area contributed by atoms with Crippen LogP contribution in [0.15, 0.2) is 12.3 Å². The average molecular weight is 250 g/mol. The fourth-order valence-corrected chi connectivity index (χ4v) is 3.11. The van der Waals surface area contributed by atoms with Gasteiger partial charge in [-0.15, -0.1) is 0 Å². The number of nitrogens with one attached hydrogen (secondary N) is 1. The summed E-state index contributed by atoms with van der Waals surface area (Å²) in [4.78, 5) is 2.51. The van der Waals surface area contributed by atoms with Crippen molar-refractivity contribution in [2.75, 3.05) is 26.7 Å². The predicted octanol–water partition coefficient (Wildman–Crippen LogP) is 1.80. The lowest BCUT2D eigenvalue weighted by Gasteiger charge is -2.32. The Morgan fingerprint density at radius 3 is 2.89 bits per heavy atom. The molecule has 0 aromatic carbocycles. The SMILES string of the molecule is CCNCC1CCCCN(C)C1c1ccnn1C. The number of rotatable bonds is 4. The molecule has 1 saturated heterocycles. The Hall–Kier alpha value is -0.870. The smallest absolute Gasteiger partial charge is 0.0555 e. The zero-order valence-corrected chi connectivity index (χ0v) is 11.9. The van der Waals surface area contributed by atoms with Crippen molar-refractivity contribution in [1.29, 1.82) is 0 Å². The molecule has 0 radical (unpaired) electrons. The molecular weight excluding hydrogens is 224 g/mol. The van der Waals surface area contributed by atoms with Crippen LogP contribution in [0.5, 0.6) is 0 Å². The quantitative estimate of drug-likeness (QED) is 0.884. The van der Waals surface area contributed by atoms with Gasteiger partial charge in [0.25, 0.3) is 0 Å². The first-order valence-electron chi connectivity index (χ1n) is 7.13. The van der Waals surface area contributed by atoms with Crippen LogP contribution in [0.1, 0.15) is 37.9 Å². The van der Waals surface area contributed by atoms with Crippen LogP contribution in [0.3, 0.4) is 0 Å². The first-order valence-corrected chi connectivity index (χ1v) is 7.13. The van der Waals surface area contributed by atoms with Gasteiger partial charge in [0, 0.05) is 13.2 Å². The molecule has 4 heteroatoms. The maximum Gasteiger partial charge on any atom is 0.0555 e. The van der Waals surface area contributed by atoms with E-state index in [9.17, 15) is 0 Å². The molecule has 2 heterocycles. The molecule has 1 aromatic heterocycles. The molecule has 2 atom stereocenters. The van der Waals surface area contributed by atoms with Gasteiger partial charge in [-0.25, -0.2) is 0 Å². The summed E-state index contributed by atoms with van der Waals surface area (Å²) >= 11 is 0. The van der Waals surface area contributed by atoms with Gasteiger partial charge >= 0.3 is 0 Å². The second-order valence-corrected chi connectivity index (χ2v) is 5.37. The van der Waals surface area contributed by atoms with Crippen molar-refractivity contribution in [1.82, 2.24) is 20.0 Å². The van der Waals surface area contributed by atoms with Crippen molar-refractivity contribution < 1.29 is 0 Å². The highest BCUT2D eigenvalue weighted by Crippen LogP contribution is 2.33. The van der Waals surface area contributed by atoms with E-state index >= 15 is 0 Å². The molecule has 1 aliphatic rings. The summed E-state index contributed by atoms with van der Waals surface area (Å²) in [6.45, 7) is 5.53. The highest BCUT2D eigenvalue weighted by molar-refractivity contribution is 5.09. The second kappa shape index (κ2) is 6.34. The fourth-order valence-electron chi connectivity index (χ4n) is 3.11. The Morgan fingerprint density at radius 2 is 2.22 bits per heavy atom. The zero-order chi connectivity index (χ0) is 13.0. The molecule has 0 spiro atoms. The van der Waals surface area contributed by atoms with E-state index in [-0.39, 0.29) is 0 Å². The van der Waals surface area contributed by atoms with Crippen molar-refractivity contribution >= 4 is 0 Å². The number of aryl methyl sites for hydroxylation is 1. The first-order chi connectivity index (χ1) is 8.74. The summed E-state index contributed by atoms with van der Waals surface area (Å²) in [5.41, 5.74) is 1.35. The molecule has 2 unspecified atom stereocenters. The molecule has 4 nitrogen and oxygen atoms in total. The van der Waals surface area contributed by atoms with E-state index in [2.05, 4.69) is 42.4 Å². The molecule has 0 aliphatic carbocycles. The van der Waals surface area contributed by atoms with Crippen LogP contribution in [0, 0.1) is 5.92 Å². The summed E-state index contributed by atoms with van der Waals surface area (Å²) in [5, 5.41) is 7.86. The van der Waals surface area contributed by atoms with Crippen LogP contribution >= 0.6 is 0 Å². The van der Waals surface area contributed by atoms with E-state index in [1.165, 1.54) is 31.5 Å². The standard InChI is InChI=1S/C14H26N4/c1-4-15-11-12-7-5-6-10-17(2)14(12)13-8-9-16-18(13)3/h8-9,12,14-15H,4-7,10-11H2,1-3H3. The number of nitrogens with zero attached hydrogens (tertiary/aromatic N) is 3. The lowest BCUT2D eigenvalue weighted by atomic mass is 9.92. The van der Waals surface area contributed by atoms with Gasteiger partial charge in [0.05, 0.1) is 11.7 Å². The van der Waals surface area contributed by atoms with Crippen molar-refractivity contribution in [3.63, 3.8) is 0 Å². The normalized spacial score (nSPS) is 26.2. The number of aromatic nitrogens is 2. The van der Waals surface area contributed by atoms with E-state index < -0.39 is 0 Å². The summed E-state index contributed by atoms with van der Waals surface area (Å²) in [6, 6.07) is 2.67. The Morgan fingerprint density at radius 1 is 1.39 bits per heavy atom. The molecule has 1 aliphatic heterocycles. The molecule has 102 valence electrons. The minimum atomic E-state index is 0.499. The monoisotopic (exact) mass is 250 g/mol. The minimum Gasteiger partial charge on any atom is -0.317 e. The van der Waals surface area contributed by atoms with Crippen molar-refractivity contribution in [3.05, 3.63) is 18.0 Å². The first kappa shape index (κ1) is 13.6. The predicted molar refractivity (Wildman–Crippen MR) is 74.5 cm³/mol. The zero-order valence-electron chi connectivity index (χ0n) is 11.9. The molecule has 0 amide bonds. The van der Waals surface area contributed by atoms with E-state index in [1.54, 1.807) is 0 Å². The Balaban J connectivity index is 2.20. The summed E-state index contributed by atoms with van der Waals surface area (Å²) in [6.07, 6.45) is 5.88. The third kappa shape index (κ3) is 2.93. The van der Waals surface area contributed by atoms with Gasteiger partial charge in [0.2, 0.25) is 0 Å². The van der Waals surface area contributed by atoms with Crippen molar-refractivity contribution in [2.24, 2.45) is 13.0 Å². The molecule has 2 rings (SSSR count).